The van der Waals surface area contributed by atoms with E-state index in [2.05, 4.69) is 0 Å². The Hall–Kier alpha value is -2.76. The third-order valence-corrected chi connectivity index (χ3v) is 4.12. The number of ether oxygens (including phenoxy) is 1. The van der Waals surface area contributed by atoms with Crippen LogP contribution in [0.4, 0.5) is 0 Å². The van der Waals surface area contributed by atoms with Gasteiger partial charge in [-0.3, -0.25) is 9.59 Å². The number of carboxylic acids is 1. The van der Waals surface area contributed by atoms with E-state index in [4.69, 9.17) is 14.3 Å². The molecule has 0 spiro atoms. The highest BCUT2D eigenvalue weighted by molar-refractivity contribution is 5.91. The summed E-state index contributed by atoms with van der Waals surface area (Å²) < 4.78 is 11.0. The predicted molar refractivity (Wildman–Crippen MR) is 86.1 cm³/mol. The molecule has 6 heteroatoms. The number of furan rings is 1. The third-order valence-electron chi connectivity index (χ3n) is 4.12. The number of carbonyl (C=O) groups is 2. The number of rotatable bonds is 5. The Balaban J connectivity index is 1.57. The Bertz CT molecular complexity index is 701. The van der Waals surface area contributed by atoms with E-state index in [-0.39, 0.29) is 30.0 Å². The summed E-state index contributed by atoms with van der Waals surface area (Å²) in [6, 6.07) is 12.4. The number of carboxylic acid groups (broad SMARTS) is 1. The van der Waals surface area contributed by atoms with Gasteiger partial charge in [-0.2, -0.15) is 0 Å². The molecule has 1 aromatic heterocycles. The predicted octanol–water partition coefficient (Wildman–Crippen LogP) is 3.40. The van der Waals surface area contributed by atoms with Gasteiger partial charge in [-0.05, 0) is 37.0 Å². The summed E-state index contributed by atoms with van der Waals surface area (Å²) >= 11 is 0. The first kappa shape index (κ1) is 16.1. The van der Waals surface area contributed by atoms with E-state index in [9.17, 15) is 9.59 Å². The Morgan fingerprint density at radius 1 is 1.12 bits per heavy atom. The fourth-order valence-corrected chi connectivity index (χ4v) is 2.84. The molecule has 0 atom stereocenters. The Morgan fingerprint density at radius 3 is 2.50 bits per heavy atom. The van der Waals surface area contributed by atoms with Gasteiger partial charge in [0.2, 0.25) is 0 Å². The summed E-state index contributed by atoms with van der Waals surface area (Å²) in [5, 5.41) is 8.83. The highest BCUT2D eigenvalue weighted by atomic mass is 16.6. The van der Waals surface area contributed by atoms with Gasteiger partial charge in [0.05, 0.1) is 0 Å². The van der Waals surface area contributed by atoms with E-state index in [0.29, 0.717) is 31.7 Å². The summed E-state index contributed by atoms with van der Waals surface area (Å²) in [4.78, 5) is 24.9. The first-order valence-electron chi connectivity index (χ1n) is 7.95. The van der Waals surface area contributed by atoms with E-state index in [1.54, 1.807) is 29.2 Å². The quantitative estimate of drug-likeness (QED) is 0.909. The first-order chi connectivity index (χ1) is 11.6. The molecule has 1 saturated heterocycles. The maximum absolute atomic E-state index is 12.5. The molecular formula is C18H19NO5. The van der Waals surface area contributed by atoms with Crippen LogP contribution in [0.1, 0.15) is 29.8 Å². The maximum atomic E-state index is 12.5. The largest absolute Gasteiger partial charge is 0.481 e. The van der Waals surface area contributed by atoms with Gasteiger partial charge >= 0.3 is 5.97 Å². The van der Waals surface area contributed by atoms with Crippen LogP contribution < -0.4 is 4.74 Å². The lowest BCUT2D eigenvalue weighted by Crippen LogP contribution is -2.38. The summed E-state index contributed by atoms with van der Waals surface area (Å²) in [6.45, 7) is 1.10. The summed E-state index contributed by atoms with van der Waals surface area (Å²) in [7, 11) is 0. The molecule has 1 aliphatic rings. The highest BCUT2D eigenvalue weighted by Gasteiger charge is 2.26. The molecule has 126 valence electrons. The number of aliphatic carboxylic acids is 1. The standard InChI is InChI=1S/C18H19NO5/c20-16(21)12-13-8-10-19(11-9-13)18(22)15-6-7-17(24-15)23-14-4-2-1-3-5-14/h1-7,13H,8-12H2,(H,20,21). The zero-order valence-electron chi connectivity index (χ0n) is 13.2. The van der Waals surface area contributed by atoms with Crippen molar-refractivity contribution in [2.75, 3.05) is 13.1 Å². The Kier molecular flexibility index (Phi) is 4.84. The van der Waals surface area contributed by atoms with Crippen LogP contribution in [0.25, 0.3) is 0 Å². The van der Waals surface area contributed by atoms with Crippen molar-refractivity contribution in [1.82, 2.24) is 4.90 Å². The van der Waals surface area contributed by atoms with E-state index < -0.39 is 5.97 Å². The van der Waals surface area contributed by atoms with Crippen molar-refractivity contribution in [3.8, 4) is 11.7 Å². The van der Waals surface area contributed by atoms with Crippen LogP contribution in [0.2, 0.25) is 0 Å². The van der Waals surface area contributed by atoms with Gasteiger partial charge in [-0.25, -0.2) is 0 Å². The van der Waals surface area contributed by atoms with Crippen molar-refractivity contribution in [2.24, 2.45) is 5.92 Å². The van der Waals surface area contributed by atoms with Crippen molar-refractivity contribution in [1.29, 1.82) is 0 Å². The summed E-state index contributed by atoms with van der Waals surface area (Å²) in [5.74, 6) is 0.309. The minimum Gasteiger partial charge on any atom is -0.481 e. The molecule has 1 aliphatic heterocycles. The van der Waals surface area contributed by atoms with Gasteiger partial charge in [-0.15, -0.1) is 0 Å². The first-order valence-corrected chi connectivity index (χ1v) is 7.95. The molecule has 24 heavy (non-hydrogen) atoms. The lowest BCUT2D eigenvalue weighted by molar-refractivity contribution is -0.138. The van der Waals surface area contributed by atoms with Crippen LogP contribution in [0.3, 0.4) is 0 Å². The number of piperidine rings is 1. The van der Waals surface area contributed by atoms with Crippen molar-refractivity contribution >= 4 is 11.9 Å². The molecule has 6 nitrogen and oxygen atoms in total. The molecule has 0 aliphatic carbocycles. The van der Waals surface area contributed by atoms with Gasteiger partial charge in [0.1, 0.15) is 5.75 Å². The second-order valence-electron chi connectivity index (χ2n) is 5.87. The number of likely N-dealkylation sites (tertiary alicyclic amines) is 1. The van der Waals surface area contributed by atoms with Gasteiger partial charge in [0, 0.05) is 25.6 Å². The van der Waals surface area contributed by atoms with Crippen LogP contribution >= 0.6 is 0 Å². The number of hydrogen-bond donors (Lipinski definition) is 1. The highest BCUT2D eigenvalue weighted by Crippen LogP contribution is 2.26. The second kappa shape index (κ2) is 7.21. The summed E-state index contributed by atoms with van der Waals surface area (Å²) in [5.41, 5.74) is 0. The number of nitrogens with zero attached hydrogens (tertiary/aromatic N) is 1. The maximum Gasteiger partial charge on any atom is 0.303 e. The topological polar surface area (TPSA) is 80.0 Å². The molecule has 2 heterocycles. The van der Waals surface area contributed by atoms with E-state index in [1.807, 2.05) is 18.2 Å². The van der Waals surface area contributed by atoms with Gasteiger partial charge in [0.15, 0.2) is 5.76 Å². The summed E-state index contributed by atoms with van der Waals surface area (Å²) in [6.07, 6.45) is 1.57. The van der Waals surface area contributed by atoms with Crippen molar-refractivity contribution in [3.63, 3.8) is 0 Å². The molecule has 2 aromatic rings. The van der Waals surface area contributed by atoms with E-state index in [0.717, 1.165) is 0 Å². The molecule has 0 bridgehead atoms. The molecular weight excluding hydrogens is 310 g/mol. The minimum atomic E-state index is -0.784. The second-order valence-corrected chi connectivity index (χ2v) is 5.87. The number of hydrogen-bond acceptors (Lipinski definition) is 4. The number of benzene rings is 1. The number of para-hydroxylation sites is 1. The molecule has 0 radical (unpaired) electrons. The van der Waals surface area contributed by atoms with E-state index in [1.165, 1.54) is 0 Å². The molecule has 1 fully saturated rings. The van der Waals surface area contributed by atoms with Gasteiger partial charge in [0.25, 0.3) is 11.9 Å². The molecule has 0 saturated carbocycles. The molecule has 1 aromatic carbocycles. The molecule has 1 amide bonds. The van der Waals surface area contributed by atoms with Crippen molar-refractivity contribution in [2.45, 2.75) is 19.3 Å². The SMILES string of the molecule is O=C(O)CC1CCN(C(=O)c2ccc(Oc3ccccc3)o2)CC1. The number of amides is 1. The third kappa shape index (κ3) is 3.95. The van der Waals surface area contributed by atoms with Crippen LogP contribution in [0.15, 0.2) is 46.9 Å². The van der Waals surface area contributed by atoms with E-state index >= 15 is 0 Å². The van der Waals surface area contributed by atoms with Crippen LogP contribution in [0, 0.1) is 5.92 Å². The average Bonchev–Trinajstić information content (AvgIpc) is 3.04. The smallest absolute Gasteiger partial charge is 0.303 e. The Morgan fingerprint density at radius 2 is 1.83 bits per heavy atom. The Labute approximate surface area is 139 Å². The molecule has 0 unspecified atom stereocenters. The lowest BCUT2D eigenvalue weighted by atomic mass is 9.93. The van der Waals surface area contributed by atoms with Crippen LogP contribution in [-0.4, -0.2) is 35.0 Å². The fraction of sp³-hybridized carbons (Fsp3) is 0.333. The zero-order valence-corrected chi connectivity index (χ0v) is 13.2. The lowest BCUT2D eigenvalue weighted by Gasteiger charge is -2.30. The fourth-order valence-electron chi connectivity index (χ4n) is 2.84. The van der Waals surface area contributed by atoms with Crippen LogP contribution in [0.5, 0.6) is 11.7 Å². The van der Waals surface area contributed by atoms with Crippen molar-refractivity contribution in [3.05, 3.63) is 48.2 Å². The van der Waals surface area contributed by atoms with Crippen molar-refractivity contribution < 1.29 is 23.8 Å². The minimum absolute atomic E-state index is 0.139. The van der Waals surface area contributed by atoms with Gasteiger partial charge < -0.3 is 19.2 Å². The normalized spacial score (nSPS) is 15.2. The van der Waals surface area contributed by atoms with Gasteiger partial charge in [-0.1, -0.05) is 18.2 Å². The number of carbonyl (C=O) groups excluding carboxylic acids is 1. The zero-order chi connectivity index (χ0) is 16.9. The van der Waals surface area contributed by atoms with Crippen LogP contribution in [-0.2, 0) is 4.79 Å². The monoisotopic (exact) mass is 329 g/mol. The average molecular weight is 329 g/mol. The molecule has 3 rings (SSSR count). The molecule has 1 N–H and O–H groups in total.